The Balaban J connectivity index is 2.46. The summed E-state index contributed by atoms with van der Waals surface area (Å²) >= 11 is 1.22. The topological polar surface area (TPSA) is 153 Å². The summed E-state index contributed by atoms with van der Waals surface area (Å²) in [4.78, 5) is 75.8. The quantitative estimate of drug-likeness (QED) is 0.572. The van der Waals surface area contributed by atoms with Crippen molar-refractivity contribution in [3.8, 4) is 0 Å². The molecule has 0 aromatic carbocycles. The first-order valence-corrected chi connectivity index (χ1v) is 11.2. The summed E-state index contributed by atoms with van der Waals surface area (Å²) in [7, 11) is 0. The number of carbonyl (C=O) groups is 2. The summed E-state index contributed by atoms with van der Waals surface area (Å²) in [6.07, 6.45) is 0. The van der Waals surface area contributed by atoms with Gasteiger partial charge in [-0.05, 0) is 10.8 Å². The van der Waals surface area contributed by atoms with E-state index in [1.165, 1.54) is 0 Å². The lowest BCUT2D eigenvalue weighted by atomic mass is 9.86. The van der Waals surface area contributed by atoms with E-state index in [-0.39, 0.29) is 18.8 Å². The van der Waals surface area contributed by atoms with Gasteiger partial charge in [0.25, 0.3) is 22.2 Å². The van der Waals surface area contributed by atoms with Crippen molar-refractivity contribution in [2.75, 3.05) is 0 Å². The maximum Gasteiger partial charge on any atom is 0.327 e. The van der Waals surface area contributed by atoms with E-state index >= 15 is 0 Å². The molecule has 0 aliphatic heterocycles. The summed E-state index contributed by atoms with van der Waals surface area (Å²) in [6, 6.07) is -2.91. The van der Waals surface area contributed by atoms with Crippen LogP contribution in [0.1, 0.15) is 53.6 Å². The summed E-state index contributed by atoms with van der Waals surface area (Å²) < 4.78 is 0.744. The summed E-state index contributed by atoms with van der Waals surface area (Å²) in [5.41, 5.74) is -5.38. The van der Waals surface area contributed by atoms with Gasteiger partial charge in [-0.2, -0.15) is 0 Å². The van der Waals surface area contributed by atoms with Gasteiger partial charge in [0.05, 0.1) is 0 Å². The van der Waals surface area contributed by atoms with Gasteiger partial charge in [-0.1, -0.05) is 41.5 Å². The van der Waals surface area contributed by atoms with Crippen LogP contribution in [0.15, 0.2) is 19.2 Å². The smallest absolute Gasteiger partial charge is 0.327 e. The number of nitrogens with zero attached hydrogens (tertiary/aromatic N) is 2. The van der Waals surface area contributed by atoms with Crippen molar-refractivity contribution in [1.29, 1.82) is 0 Å². The number of fused-ring (bicyclic) bond motifs is 2. The van der Waals surface area contributed by atoms with E-state index in [0.29, 0.717) is 31.8 Å². The van der Waals surface area contributed by atoms with Crippen LogP contribution in [0.2, 0.25) is 0 Å². The molecule has 0 fully saturated rings. The van der Waals surface area contributed by atoms with Crippen molar-refractivity contribution < 1.29 is 19.8 Å². The molecular formula is C20H22N2O8S2. The third kappa shape index (κ3) is 3.47. The predicted octanol–water partition coefficient (Wildman–Crippen LogP) is 1.94. The number of aromatic nitrogens is 2. The van der Waals surface area contributed by atoms with E-state index in [2.05, 4.69) is 0 Å². The van der Waals surface area contributed by atoms with Gasteiger partial charge in [-0.15, -0.1) is 22.7 Å². The van der Waals surface area contributed by atoms with E-state index in [0.717, 1.165) is 0 Å². The fourth-order valence-corrected chi connectivity index (χ4v) is 6.15. The Morgan fingerprint density at radius 3 is 1.00 bits per heavy atom. The van der Waals surface area contributed by atoms with Gasteiger partial charge in [0.1, 0.15) is 30.9 Å². The van der Waals surface area contributed by atoms with Crippen LogP contribution in [-0.4, -0.2) is 31.3 Å². The molecule has 2 N–H and O–H groups in total. The highest BCUT2D eigenvalue weighted by Gasteiger charge is 2.39. The number of hydrogen-bond acceptors (Lipinski definition) is 8. The first-order chi connectivity index (χ1) is 14.5. The molecule has 2 unspecified atom stereocenters. The number of aliphatic carboxylic acids is 2. The Labute approximate surface area is 188 Å². The van der Waals surface area contributed by atoms with Crippen LogP contribution in [0.3, 0.4) is 0 Å². The van der Waals surface area contributed by atoms with Crippen LogP contribution in [0.5, 0.6) is 0 Å². The van der Waals surface area contributed by atoms with Crippen LogP contribution in [0.25, 0.3) is 18.8 Å². The molecule has 0 aliphatic rings. The number of hydrogen-bond donors (Lipinski definition) is 2. The maximum atomic E-state index is 13.0. The SMILES string of the molecule is CC(C)(C)C(C(=O)O)n1c(=O)c2sc3c(=O)n(C(C(=O)O)C(C)(C)C)c(=O)c3sc2c1=O. The molecule has 0 spiro atoms. The molecule has 0 aliphatic carbocycles. The minimum Gasteiger partial charge on any atom is -0.480 e. The molecule has 0 saturated carbocycles. The minimum atomic E-state index is -1.45. The number of carboxylic acid groups (broad SMARTS) is 2. The zero-order valence-corrected chi connectivity index (χ0v) is 19.8. The Kier molecular flexibility index (Phi) is 5.46. The van der Waals surface area contributed by atoms with Crippen molar-refractivity contribution in [2.45, 2.75) is 53.6 Å². The van der Waals surface area contributed by atoms with Gasteiger partial charge in [0.15, 0.2) is 0 Å². The first-order valence-electron chi connectivity index (χ1n) is 9.55. The molecular weight excluding hydrogens is 460 g/mol. The fraction of sp³-hybridized carbons (Fsp3) is 0.500. The summed E-state index contributed by atoms with van der Waals surface area (Å²) in [5.74, 6) is -2.72. The van der Waals surface area contributed by atoms with Crippen molar-refractivity contribution in [3.63, 3.8) is 0 Å². The van der Waals surface area contributed by atoms with Crippen LogP contribution in [0.4, 0.5) is 0 Å². The Morgan fingerprint density at radius 2 is 0.844 bits per heavy atom. The molecule has 0 amide bonds. The molecule has 10 nitrogen and oxygen atoms in total. The summed E-state index contributed by atoms with van der Waals surface area (Å²) in [5, 5.41) is 19.3. The van der Waals surface area contributed by atoms with Gasteiger partial charge in [-0.3, -0.25) is 28.3 Å². The molecule has 3 heterocycles. The van der Waals surface area contributed by atoms with Crippen molar-refractivity contribution in [2.24, 2.45) is 10.8 Å². The zero-order valence-electron chi connectivity index (χ0n) is 18.2. The van der Waals surface area contributed by atoms with Crippen LogP contribution in [0, 0.1) is 10.8 Å². The molecule has 3 rings (SSSR count). The molecule has 12 heteroatoms. The van der Waals surface area contributed by atoms with Gasteiger partial charge in [0, 0.05) is 0 Å². The van der Waals surface area contributed by atoms with Crippen molar-refractivity contribution in [3.05, 3.63) is 41.4 Å². The fourth-order valence-electron chi connectivity index (χ4n) is 3.78. The van der Waals surface area contributed by atoms with Crippen molar-refractivity contribution >= 4 is 53.4 Å². The molecule has 3 aromatic rings. The van der Waals surface area contributed by atoms with Crippen molar-refractivity contribution in [1.82, 2.24) is 9.13 Å². The largest absolute Gasteiger partial charge is 0.480 e. The lowest BCUT2D eigenvalue weighted by Gasteiger charge is -2.26. The van der Waals surface area contributed by atoms with Gasteiger partial charge in [0.2, 0.25) is 0 Å². The van der Waals surface area contributed by atoms with Crippen LogP contribution < -0.4 is 22.2 Å². The average molecular weight is 483 g/mol. The highest BCUT2D eigenvalue weighted by atomic mass is 32.1. The molecule has 0 radical (unpaired) electrons. The predicted molar refractivity (Wildman–Crippen MR) is 122 cm³/mol. The molecule has 0 bridgehead atoms. The third-order valence-corrected chi connectivity index (χ3v) is 7.69. The lowest BCUT2D eigenvalue weighted by molar-refractivity contribution is -0.145. The maximum absolute atomic E-state index is 13.0. The second-order valence-electron chi connectivity index (χ2n) is 9.69. The van der Waals surface area contributed by atoms with Gasteiger partial charge >= 0.3 is 11.9 Å². The standard InChI is InChI=1S/C20H22N2O8S2/c1-19(2,3)11(17(27)28)21-13(23)7-8(14(21)24)32-10-9(31-7)15(25)22(16(10)26)12(18(29)30)20(4,5)6/h11-12H,1-6H3,(H,27,28)(H,29,30). The minimum absolute atomic E-state index is 0.139. The molecule has 3 aromatic heterocycles. The second kappa shape index (κ2) is 7.34. The lowest BCUT2D eigenvalue weighted by Crippen LogP contribution is -2.41. The van der Waals surface area contributed by atoms with Gasteiger partial charge in [-0.25, -0.2) is 9.59 Å². The van der Waals surface area contributed by atoms with E-state index in [1.807, 2.05) is 0 Å². The molecule has 0 saturated heterocycles. The third-order valence-electron chi connectivity index (χ3n) is 5.10. The highest BCUT2D eigenvalue weighted by Crippen LogP contribution is 2.34. The first kappa shape index (κ1) is 23.8. The second-order valence-corrected chi connectivity index (χ2v) is 11.7. The highest BCUT2D eigenvalue weighted by molar-refractivity contribution is 7.36. The zero-order chi connectivity index (χ0) is 24.5. The molecule has 172 valence electrons. The van der Waals surface area contributed by atoms with Gasteiger partial charge < -0.3 is 10.2 Å². The summed E-state index contributed by atoms with van der Waals surface area (Å²) in [6.45, 7) is 9.45. The van der Waals surface area contributed by atoms with E-state index in [4.69, 9.17) is 0 Å². The van der Waals surface area contributed by atoms with Crippen LogP contribution in [-0.2, 0) is 9.59 Å². The molecule has 32 heavy (non-hydrogen) atoms. The van der Waals surface area contributed by atoms with E-state index in [9.17, 15) is 39.0 Å². The Morgan fingerprint density at radius 1 is 0.625 bits per heavy atom. The monoisotopic (exact) mass is 482 g/mol. The Hall–Kier alpha value is -2.86. The average Bonchev–Trinajstić information content (AvgIpc) is 2.99. The van der Waals surface area contributed by atoms with E-state index < -0.39 is 57.1 Å². The molecule has 2 atom stereocenters. The number of rotatable bonds is 4. The van der Waals surface area contributed by atoms with E-state index in [1.54, 1.807) is 41.5 Å². The van der Waals surface area contributed by atoms with Crippen LogP contribution >= 0.6 is 22.7 Å². The Bertz CT molecular complexity index is 1310. The normalized spacial score (nSPS) is 14.7. The number of carboxylic acids is 2.